The van der Waals surface area contributed by atoms with Gasteiger partial charge in [0, 0.05) is 12.4 Å². The number of rotatable bonds is 3. The zero-order valence-electron chi connectivity index (χ0n) is 6.63. The first-order valence-corrected chi connectivity index (χ1v) is 3.10. The summed E-state index contributed by atoms with van der Waals surface area (Å²) in [6.07, 6.45) is 3.39. The lowest BCUT2D eigenvalue weighted by molar-refractivity contribution is -0.817. The van der Waals surface area contributed by atoms with Crippen molar-refractivity contribution in [3.63, 3.8) is 0 Å². The molecule has 0 spiro atoms. The number of hydrogen-bond donors (Lipinski definition) is 0. The van der Waals surface area contributed by atoms with Crippen molar-refractivity contribution in [2.75, 3.05) is 21.1 Å². The minimum Gasteiger partial charge on any atom is -0.550 e. The molecule has 0 aromatic carbocycles. The summed E-state index contributed by atoms with van der Waals surface area (Å²) >= 11 is 0. The van der Waals surface area contributed by atoms with Gasteiger partial charge in [-0.1, -0.05) is 0 Å². The van der Waals surface area contributed by atoms with Gasteiger partial charge in [0.15, 0.2) is 0 Å². The minimum absolute atomic E-state index is 0.00444. The third-order valence-corrected chi connectivity index (χ3v) is 0.837. The molecule has 0 atom stereocenters. The van der Waals surface area contributed by atoms with Crippen molar-refractivity contribution in [2.45, 2.75) is 6.42 Å². The van der Waals surface area contributed by atoms with E-state index in [1.807, 2.05) is 21.1 Å². The summed E-state index contributed by atoms with van der Waals surface area (Å²) < 4.78 is 0.632. The molecule has 3 heteroatoms. The fraction of sp³-hybridized carbons (Fsp3) is 0.571. The van der Waals surface area contributed by atoms with Crippen molar-refractivity contribution in [3.05, 3.63) is 12.3 Å². The molecule has 10 heavy (non-hydrogen) atoms. The fourth-order valence-corrected chi connectivity index (χ4v) is 0.465. The smallest absolute Gasteiger partial charge is 0.0915 e. The summed E-state index contributed by atoms with van der Waals surface area (Å²) in [5, 5.41) is 9.92. The predicted molar refractivity (Wildman–Crippen MR) is 36.8 cm³/mol. The van der Waals surface area contributed by atoms with E-state index in [9.17, 15) is 9.90 Å². The lowest BCUT2D eigenvalue weighted by atomic mass is 10.4. The molecule has 3 nitrogen and oxygen atoms in total. The van der Waals surface area contributed by atoms with Gasteiger partial charge in [-0.25, -0.2) is 0 Å². The van der Waals surface area contributed by atoms with Gasteiger partial charge in [0.2, 0.25) is 0 Å². The normalized spacial score (nSPS) is 12.3. The Bertz CT molecular complexity index is 144. The van der Waals surface area contributed by atoms with E-state index in [2.05, 4.69) is 0 Å². The summed E-state index contributed by atoms with van der Waals surface area (Å²) in [5.41, 5.74) is 0. The van der Waals surface area contributed by atoms with Gasteiger partial charge in [0.25, 0.3) is 0 Å². The molecule has 58 valence electrons. The van der Waals surface area contributed by atoms with Crippen molar-refractivity contribution < 1.29 is 14.4 Å². The van der Waals surface area contributed by atoms with Gasteiger partial charge in [0.1, 0.15) is 0 Å². The number of nitrogens with zero attached hydrogens (tertiary/aromatic N) is 1. The minimum atomic E-state index is -1.04. The molecular formula is C7H13NO2. The Hall–Kier alpha value is -0.830. The van der Waals surface area contributed by atoms with Crippen LogP contribution in [0.5, 0.6) is 0 Å². The molecule has 0 saturated heterocycles. The number of quaternary nitrogens is 1. The molecule has 0 aromatic heterocycles. The summed E-state index contributed by atoms with van der Waals surface area (Å²) in [7, 11) is 5.85. The van der Waals surface area contributed by atoms with Crippen LogP contribution in [0.4, 0.5) is 0 Å². The van der Waals surface area contributed by atoms with Crippen molar-refractivity contribution in [1.82, 2.24) is 0 Å². The second-order valence-corrected chi connectivity index (χ2v) is 3.08. The first kappa shape index (κ1) is 9.17. The fourth-order valence-electron chi connectivity index (χ4n) is 0.465. The zero-order chi connectivity index (χ0) is 8.20. The third-order valence-electron chi connectivity index (χ3n) is 0.837. The molecule has 0 bridgehead atoms. The molecule has 0 aromatic rings. The van der Waals surface area contributed by atoms with Crippen molar-refractivity contribution in [3.8, 4) is 0 Å². The van der Waals surface area contributed by atoms with Crippen LogP contribution in [-0.4, -0.2) is 31.6 Å². The van der Waals surface area contributed by atoms with E-state index >= 15 is 0 Å². The highest BCUT2D eigenvalue weighted by Gasteiger charge is 1.97. The second kappa shape index (κ2) is 3.37. The molecule has 0 fully saturated rings. The van der Waals surface area contributed by atoms with E-state index in [0.29, 0.717) is 4.48 Å². The molecule has 0 aliphatic rings. The highest BCUT2D eigenvalue weighted by atomic mass is 16.4. The highest BCUT2D eigenvalue weighted by Crippen LogP contribution is 1.92. The second-order valence-electron chi connectivity index (χ2n) is 3.08. The van der Waals surface area contributed by atoms with Gasteiger partial charge in [-0.3, -0.25) is 0 Å². The Morgan fingerprint density at radius 3 is 2.30 bits per heavy atom. The van der Waals surface area contributed by atoms with Gasteiger partial charge < -0.3 is 14.4 Å². The van der Waals surface area contributed by atoms with Gasteiger partial charge in [-0.2, -0.15) is 0 Å². The van der Waals surface area contributed by atoms with Crippen LogP contribution in [0.2, 0.25) is 0 Å². The highest BCUT2D eigenvalue weighted by molar-refractivity contribution is 5.66. The van der Waals surface area contributed by atoms with Crippen LogP contribution in [0.15, 0.2) is 12.3 Å². The zero-order valence-corrected chi connectivity index (χ0v) is 6.63. The number of carboxylic acids is 1. The molecular weight excluding hydrogens is 130 g/mol. The average molecular weight is 143 g/mol. The van der Waals surface area contributed by atoms with Crippen LogP contribution < -0.4 is 5.11 Å². The van der Waals surface area contributed by atoms with Crippen LogP contribution in [0.3, 0.4) is 0 Å². The van der Waals surface area contributed by atoms with Crippen LogP contribution >= 0.6 is 0 Å². The molecule has 0 aliphatic heterocycles. The average Bonchev–Trinajstić information content (AvgIpc) is 1.59. The summed E-state index contributed by atoms with van der Waals surface area (Å²) in [6, 6.07) is 0. The largest absolute Gasteiger partial charge is 0.550 e. The standard InChI is InChI=1S/C7H13NO2/c1-8(2,3)6-4-5-7(9)10/h4,6H,5H2,1-3H3/b6-4+. The lowest BCUT2D eigenvalue weighted by Crippen LogP contribution is -2.27. The van der Waals surface area contributed by atoms with Crippen molar-refractivity contribution in [1.29, 1.82) is 0 Å². The number of carbonyl (C=O) groups is 1. The van der Waals surface area contributed by atoms with Gasteiger partial charge >= 0.3 is 0 Å². The Kier molecular flexibility index (Phi) is 3.09. The van der Waals surface area contributed by atoms with Gasteiger partial charge in [0.05, 0.1) is 27.3 Å². The first-order valence-electron chi connectivity index (χ1n) is 3.10. The van der Waals surface area contributed by atoms with Gasteiger partial charge in [-0.15, -0.1) is 0 Å². The van der Waals surface area contributed by atoms with Gasteiger partial charge in [-0.05, 0) is 6.08 Å². The Balaban J connectivity index is 3.67. The van der Waals surface area contributed by atoms with Crippen LogP contribution in [0, 0.1) is 0 Å². The number of carboxylic acid groups (broad SMARTS) is 1. The van der Waals surface area contributed by atoms with E-state index in [4.69, 9.17) is 0 Å². The summed E-state index contributed by atoms with van der Waals surface area (Å²) in [5.74, 6) is -1.04. The Labute approximate surface area is 61.2 Å². The van der Waals surface area contributed by atoms with Crippen LogP contribution in [0.25, 0.3) is 0 Å². The summed E-state index contributed by atoms with van der Waals surface area (Å²) in [4.78, 5) is 9.92. The summed E-state index contributed by atoms with van der Waals surface area (Å²) in [6.45, 7) is 0. The molecule has 0 N–H and O–H groups in total. The molecule has 0 radical (unpaired) electrons. The van der Waals surface area contributed by atoms with Crippen molar-refractivity contribution in [2.24, 2.45) is 0 Å². The first-order chi connectivity index (χ1) is 4.42. The lowest BCUT2D eigenvalue weighted by Gasteiger charge is -2.17. The van der Waals surface area contributed by atoms with Crippen molar-refractivity contribution >= 4 is 5.97 Å². The monoisotopic (exact) mass is 143 g/mol. The topological polar surface area (TPSA) is 40.1 Å². The SMILES string of the molecule is C[N+](C)(C)/C=C/CC(=O)[O-]. The molecule has 0 saturated carbocycles. The quantitative estimate of drug-likeness (QED) is 0.492. The molecule has 0 heterocycles. The Morgan fingerprint density at radius 2 is 2.00 bits per heavy atom. The van der Waals surface area contributed by atoms with E-state index < -0.39 is 5.97 Å². The molecule has 0 aliphatic carbocycles. The van der Waals surface area contributed by atoms with E-state index in [1.165, 1.54) is 0 Å². The maximum Gasteiger partial charge on any atom is 0.0915 e. The third kappa shape index (κ3) is 7.17. The molecule has 0 rings (SSSR count). The predicted octanol–water partition coefficient (Wildman–Crippen LogP) is -0.654. The number of hydrogen-bond acceptors (Lipinski definition) is 2. The Morgan fingerprint density at radius 1 is 1.50 bits per heavy atom. The maximum atomic E-state index is 9.92. The maximum absolute atomic E-state index is 9.92. The van der Waals surface area contributed by atoms with E-state index in [-0.39, 0.29) is 6.42 Å². The van der Waals surface area contributed by atoms with Crippen LogP contribution in [0.1, 0.15) is 6.42 Å². The molecule has 0 unspecified atom stereocenters. The van der Waals surface area contributed by atoms with E-state index in [0.717, 1.165) is 0 Å². The molecule has 0 amide bonds. The van der Waals surface area contributed by atoms with E-state index in [1.54, 1.807) is 12.3 Å². The number of aliphatic carboxylic acids is 1. The van der Waals surface area contributed by atoms with Crippen LogP contribution in [-0.2, 0) is 4.79 Å². The number of carbonyl (C=O) groups excluding carboxylic acids is 1.